The molecule has 0 unspecified atom stereocenters. The molecule has 2 saturated carbocycles. The second-order valence-corrected chi connectivity index (χ2v) is 5.22. The summed E-state index contributed by atoms with van der Waals surface area (Å²) in [7, 11) is 0. The molecule has 0 aromatic rings. The molecule has 3 heteroatoms. The molecule has 84 valence electrons. The van der Waals surface area contributed by atoms with E-state index in [-0.39, 0.29) is 0 Å². The molecule has 0 radical (unpaired) electrons. The number of ether oxygens (including phenoxy) is 1. The molecule has 0 spiro atoms. The maximum atomic E-state index is 12.3. The summed E-state index contributed by atoms with van der Waals surface area (Å²) < 4.78 is 5.28. The zero-order chi connectivity index (χ0) is 10.3. The standard InChI is InChI=1S/C12H19NO2/c14-12(13-3-5-15-6-4-13)11-8-9-1-2-10(11)7-9/h9-11H,1-8H2/t9-,10+,11-/m0/s1. The van der Waals surface area contributed by atoms with Gasteiger partial charge in [0.05, 0.1) is 13.2 Å². The van der Waals surface area contributed by atoms with E-state index in [1.165, 1.54) is 25.7 Å². The van der Waals surface area contributed by atoms with Crippen LogP contribution in [0.25, 0.3) is 0 Å². The first-order valence-electron chi connectivity index (χ1n) is 6.21. The third-order valence-corrected chi connectivity index (χ3v) is 4.38. The lowest BCUT2D eigenvalue weighted by Crippen LogP contribution is -2.44. The monoisotopic (exact) mass is 209 g/mol. The van der Waals surface area contributed by atoms with Crippen molar-refractivity contribution in [1.29, 1.82) is 0 Å². The van der Waals surface area contributed by atoms with Crippen LogP contribution in [0.3, 0.4) is 0 Å². The summed E-state index contributed by atoms with van der Waals surface area (Å²) in [5.74, 6) is 2.36. The lowest BCUT2D eigenvalue weighted by Gasteiger charge is -2.32. The van der Waals surface area contributed by atoms with Crippen molar-refractivity contribution in [3.63, 3.8) is 0 Å². The molecule has 1 heterocycles. The summed E-state index contributed by atoms with van der Waals surface area (Å²) in [5, 5.41) is 0. The van der Waals surface area contributed by atoms with Crippen molar-refractivity contribution in [1.82, 2.24) is 4.90 Å². The van der Waals surface area contributed by atoms with Crippen LogP contribution in [0.1, 0.15) is 25.7 Å². The predicted octanol–water partition coefficient (Wildman–Crippen LogP) is 1.28. The molecule has 3 aliphatic rings. The highest BCUT2D eigenvalue weighted by Crippen LogP contribution is 2.48. The van der Waals surface area contributed by atoms with Crippen molar-refractivity contribution in [2.75, 3.05) is 26.3 Å². The van der Waals surface area contributed by atoms with Crippen LogP contribution in [0, 0.1) is 17.8 Å². The molecule has 0 N–H and O–H groups in total. The molecular formula is C12H19NO2. The molecule has 3 fully saturated rings. The van der Waals surface area contributed by atoms with E-state index in [1.807, 2.05) is 4.90 Å². The van der Waals surface area contributed by atoms with E-state index in [1.54, 1.807) is 0 Å². The van der Waals surface area contributed by atoms with E-state index in [4.69, 9.17) is 4.74 Å². The fourth-order valence-electron chi connectivity index (χ4n) is 3.57. The van der Waals surface area contributed by atoms with Crippen LogP contribution in [0.4, 0.5) is 0 Å². The molecule has 1 amide bonds. The number of hydrogen-bond acceptors (Lipinski definition) is 2. The Morgan fingerprint density at radius 3 is 2.53 bits per heavy atom. The SMILES string of the molecule is O=C([C@H]1C[C@H]2CC[C@@H]1C2)N1CCOCC1. The first kappa shape index (κ1) is 9.64. The summed E-state index contributed by atoms with van der Waals surface area (Å²) in [6.45, 7) is 3.08. The van der Waals surface area contributed by atoms with Crippen LogP contribution in [0.2, 0.25) is 0 Å². The van der Waals surface area contributed by atoms with Gasteiger partial charge in [0.1, 0.15) is 0 Å². The van der Waals surface area contributed by atoms with E-state index < -0.39 is 0 Å². The Morgan fingerprint density at radius 1 is 1.13 bits per heavy atom. The topological polar surface area (TPSA) is 29.5 Å². The van der Waals surface area contributed by atoms with Crippen LogP contribution in [-0.4, -0.2) is 37.1 Å². The zero-order valence-corrected chi connectivity index (χ0v) is 9.15. The molecule has 3 atom stereocenters. The Kier molecular flexibility index (Phi) is 2.43. The van der Waals surface area contributed by atoms with Gasteiger partial charge in [-0.3, -0.25) is 4.79 Å². The van der Waals surface area contributed by atoms with Crippen LogP contribution in [-0.2, 0) is 9.53 Å². The lowest BCUT2D eigenvalue weighted by atomic mass is 9.87. The molecule has 2 bridgehead atoms. The van der Waals surface area contributed by atoms with Gasteiger partial charge in [0.25, 0.3) is 0 Å². The zero-order valence-electron chi connectivity index (χ0n) is 9.15. The highest BCUT2D eigenvalue weighted by molar-refractivity contribution is 5.79. The Morgan fingerprint density at radius 2 is 1.93 bits per heavy atom. The molecule has 3 rings (SSSR count). The molecular weight excluding hydrogens is 190 g/mol. The first-order chi connectivity index (χ1) is 7.34. The Balaban J connectivity index is 1.64. The molecule has 1 saturated heterocycles. The number of rotatable bonds is 1. The van der Waals surface area contributed by atoms with Gasteiger partial charge in [-0.2, -0.15) is 0 Å². The number of morpholine rings is 1. The van der Waals surface area contributed by atoms with Gasteiger partial charge in [0.2, 0.25) is 5.91 Å². The highest BCUT2D eigenvalue weighted by atomic mass is 16.5. The van der Waals surface area contributed by atoms with Crippen LogP contribution >= 0.6 is 0 Å². The van der Waals surface area contributed by atoms with Crippen molar-refractivity contribution < 1.29 is 9.53 Å². The first-order valence-corrected chi connectivity index (χ1v) is 6.21. The third kappa shape index (κ3) is 1.67. The van der Waals surface area contributed by atoms with E-state index >= 15 is 0 Å². The molecule has 2 aliphatic carbocycles. The van der Waals surface area contributed by atoms with E-state index in [0.717, 1.165) is 32.2 Å². The second-order valence-electron chi connectivity index (χ2n) is 5.22. The Bertz CT molecular complexity index is 260. The normalized spacial score (nSPS) is 39.7. The molecule has 15 heavy (non-hydrogen) atoms. The minimum absolute atomic E-state index is 0.363. The summed E-state index contributed by atoms with van der Waals surface area (Å²) in [6, 6.07) is 0. The fraction of sp³-hybridized carbons (Fsp3) is 0.917. The predicted molar refractivity (Wildman–Crippen MR) is 56.3 cm³/mol. The Hall–Kier alpha value is -0.570. The van der Waals surface area contributed by atoms with Crippen molar-refractivity contribution in [3.05, 3.63) is 0 Å². The summed E-state index contributed by atoms with van der Waals surface area (Å²) in [4.78, 5) is 14.3. The maximum Gasteiger partial charge on any atom is 0.226 e. The quantitative estimate of drug-likeness (QED) is 0.651. The maximum absolute atomic E-state index is 12.3. The van der Waals surface area contributed by atoms with Crippen LogP contribution in [0.15, 0.2) is 0 Å². The van der Waals surface area contributed by atoms with Crippen LogP contribution in [0.5, 0.6) is 0 Å². The molecule has 3 nitrogen and oxygen atoms in total. The largest absolute Gasteiger partial charge is 0.378 e. The highest BCUT2D eigenvalue weighted by Gasteiger charge is 2.44. The van der Waals surface area contributed by atoms with Gasteiger partial charge >= 0.3 is 0 Å². The summed E-state index contributed by atoms with van der Waals surface area (Å²) >= 11 is 0. The number of fused-ring (bicyclic) bond motifs is 2. The minimum atomic E-state index is 0.363. The number of nitrogens with zero attached hydrogens (tertiary/aromatic N) is 1. The van der Waals surface area contributed by atoms with Crippen molar-refractivity contribution in [2.24, 2.45) is 17.8 Å². The van der Waals surface area contributed by atoms with Crippen molar-refractivity contribution >= 4 is 5.91 Å². The Labute approximate surface area is 90.8 Å². The van der Waals surface area contributed by atoms with Crippen molar-refractivity contribution in [2.45, 2.75) is 25.7 Å². The smallest absolute Gasteiger partial charge is 0.226 e. The minimum Gasteiger partial charge on any atom is -0.378 e. The van der Waals surface area contributed by atoms with Gasteiger partial charge in [-0.25, -0.2) is 0 Å². The van der Waals surface area contributed by atoms with Gasteiger partial charge in [0, 0.05) is 19.0 Å². The summed E-state index contributed by atoms with van der Waals surface area (Å²) in [5.41, 5.74) is 0. The van der Waals surface area contributed by atoms with Gasteiger partial charge in [0.15, 0.2) is 0 Å². The molecule has 0 aromatic heterocycles. The molecule has 1 aliphatic heterocycles. The van der Waals surface area contributed by atoms with Crippen molar-refractivity contribution in [3.8, 4) is 0 Å². The van der Waals surface area contributed by atoms with E-state index in [0.29, 0.717) is 17.7 Å². The van der Waals surface area contributed by atoms with Gasteiger partial charge in [-0.05, 0) is 31.1 Å². The number of carbonyl (C=O) groups excluding carboxylic acids is 1. The lowest BCUT2D eigenvalue weighted by molar-refractivity contribution is -0.141. The summed E-state index contributed by atoms with van der Waals surface area (Å²) in [6.07, 6.45) is 5.16. The number of amides is 1. The average Bonchev–Trinajstić information content (AvgIpc) is 2.91. The van der Waals surface area contributed by atoms with Gasteiger partial charge < -0.3 is 9.64 Å². The second kappa shape index (κ2) is 3.78. The third-order valence-electron chi connectivity index (χ3n) is 4.38. The fourth-order valence-corrected chi connectivity index (χ4v) is 3.57. The van der Waals surface area contributed by atoms with Crippen LogP contribution < -0.4 is 0 Å². The average molecular weight is 209 g/mol. The number of hydrogen-bond donors (Lipinski definition) is 0. The van der Waals surface area contributed by atoms with Gasteiger partial charge in [-0.15, -0.1) is 0 Å². The number of carbonyl (C=O) groups is 1. The van der Waals surface area contributed by atoms with E-state index in [9.17, 15) is 4.79 Å². The molecule has 0 aromatic carbocycles. The van der Waals surface area contributed by atoms with Gasteiger partial charge in [-0.1, -0.05) is 6.42 Å². The van der Waals surface area contributed by atoms with E-state index in [2.05, 4.69) is 0 Å².